The van der Waals surface area contributed by atoms with Gasteiger partial charge in [-0.05, 0) is 70.3 Å². The largest absolute Gasteiger partial charge is 0.472 e. The van der Waals surface area contributed by atoms with Crippen molar-refractivity contribution in [2.24, 2.45) is 0 Å². The molecule has 3 unspecified atom stereocenters. The third-order valence-electron chi connectivity index (χ3n) is 13.8. The lowest BCUT2D eigenvalue weighted by Gasteiger charge is -2.27. The smallest absolute Gasteiger partial charge is 0.456 e. The van der Waals surface area contributed by atoms with Crippen LogP contribution in [-0.2, 0) is 27.9 Å². The Balaban J connectivity index is 5.04. The van der Waals surface area contributed by atoms with Crippen LogP contribution in [0.2, 0.25) is 0 Å². The third kappa shape index (κ3) is 54.6. The molecule has 0 spiro atoms. The van der Waals surface area contributed by atoms with Crippen LogP contribution in [0.4, 0.5) is 0 Å². The summed E-state index contributed by atoms with van der Waals surface area (Å²) in [6, 6.07) is -0.844. The van der Waals surface area contributed by atoms with Crippen LogP contribution in [0, 0.1) is 0 Å². The maximum absolute atomic E-state index is 13.5. The fourth-order valence-corrected chi connectivity index (χ4v) is 9.68. The molecule has 0 saturated heterocycles. The lowest BCUT2D eigenvalue weighted by atomic mass is 10.0. The van der Waals surface area contributed by atoms with Crippen LogP contribution in [0.25, 0.3) is 0 Å². The predicted molar refractivity (Wildman–Crippen MR) is 314 cm³/mol. The molecule has 2 N–H and O–H groups in total. The van der Waals surface area contributed by atoms with Gasteiger partial charge in [0.1, 0.15) is 19.3 Å². The van der Waals surface area contributed by atoms with E-state index in [0.717, 1.165) is 70.6 Å². The van der Waals surface area contributed by atoms with Crippen LogP contribution in [0.15, 0.2) is 48.6 Å². The number of amides is 1. The molecule has 0 bridgehead atoms. The third-order valence-corrected chi connectivity index (χ3v) is 14.8. The Hall–Kier alpha value is -2.03. The molecule has 73 heavy (non-hydrogen) atoms. The number of phosphoric ester groups is 1. The van der Waals surface area contributed by atoms with Gasteiger partial charge in [-0.25, -0.2) is 4.57 Å². The molecular formula is C63H120N2O7P+. The first-order valence-corrected chi connectivity index (χ1v) is 32.5. The Morgan fingerprint density at radius 2 is 0.836 bits per heavy atom. The van der Waals surface area contributed by atoms with E-state index in [1.807, 2.05) is 33.3 Å². The van der Waals surface area contributed by atoms with Gasteiger partial charge in [0, 0.05) is 12.8 Å². The van der Waals surface area contributed by atoms with Crippen molar-refractivity contribution in [2.45, 2.75) is 303 Å². The van der Waals surface area contributed by atoms with E-state index in [4.69, 9.17) is 13.8 Å². The van der Waals surface area contributed by atoms with Gasteiger partial charge in [0.2, 0.25) is 5.91 Å². The van der Waals surface area contributed by atoms with E-state index in [9.17, 15) is 19.0 Å². The molecule has 0 fully saturated rings. The van der Waals surface area contributed by atoms with Gasteiger partial charge in [0.25, 0.3) is 0 Å². The topological polar surface area (TPSA) is 111 Å². The second-order valence-electron chi connectivity index (χ2n) is 22.2. The first-order chi connectivity index (χ1) is 35.4. The minimum absolute atomic E-state index is 0.0414. The second-order valence-corrected chi connectivity index (χ2v) is 23.7. The number of hydrogen-bond acceptors (Lipinski definition) is 6. The number of rotatable bonds is 56. The van der Waals surface area contributed by atoms with Crippen molar-refractivity contribution in [2.75, 3.05) is 40.9 Å². The molecule has 0 aromatic carbocycles. The summed E-state index contributed by atoms with van der Waals surface area (Å²) >= 11 is 0. The molecule has 0 saturated carbocycles. The summed E-state index contributed by atoms with van der Waals surface area (Å²) in [5.41, 5.74) is 0. The van der Waals surface area contributed by atoms with Crippen LogP contribution in [0.3, 0.4) is 0 Å². The minimum Gasteiger partial charge on any atom is -0.456 e. The van der Waals surface area contributed by atoms with E-state index < -0.39 is 20.0 Å². The summed E-state index contributed by atoms with van der Waals surface area (Å²) in [6.45, 7) is 6.99. The van der Waals surface area contributed by atoms with E-state index in [-0.39, 0.29) is 25.1 Å². The second kappa shape index (κ2) is 53.4. The van der Waals surface area contributed by atoms with Crippen molar-refractivity contribution in [3.8, 4) is 0 Å². The summed E-state index contributed by atoms with van der Waals surface area (Å²) in [7, 11) is 1.50. The first kappa shape index (κ1) is 71.0. The van der Waals surface area contributed by atoms with Crippen molar-refractivity contribution in [1.29, 1.82) is 0 Å². The van der Waals surface area contributed by atoms with Gasteiger partial charge in [0.15, 0.2) is 0 Å². The molecule has 0 aromatic rings. The molecule has 10 heteroatoms. The van der Waals surface area contributed by atoms with E-state index in [1.165, 1.54) is 186 Å². The molecule has 428 valence electrons. The van der Waals surface area contributed by atoms with Crippen molar-refractivity contribution < 1.29 is 37.3 Å². The highest BCUT2D eigenvalue weighted by Gasteiger charge is 2.30. The van der Waals surface area contributed by atoms with Crippen molar-refractivity contribution in [3.05, 3.63) is 48.6 Å². The van der Waals surface area contributed by atoms with Crippen molar-refractivity contribution >= 4 is 19.7 Å². The van der Waals surface area contributed by atoms with E-state index in [0.29, 0.717) is 23.9 Å². The number of nitrogens with one attached hydrogen (secondary N) is 1. The molecule has 0 aliphatic carbocycles. The van der Waals surface area contributed by atoms with Crippen LogP contribution in [0.1, 0.15) is 290 Å². The maximum atomic E-state index is 13.5. The summed E-state index contributed by atoms with van der Waals surface area (Å²) in [5, 5.41) is 3.05. The molecular weight excluding hydrogens is 928 g/mol. The normalized spacial score (nSPS) is 14.0. The van der Waals surface area contributed by atoms with Gasteiger partial charge in [-0.2, -0.15) is 0 Å². The Bertz CT molecular complexity index is 1390. The summed E-state index contributed by atoms with van der Waals surface area (Å²) in [5.74, 6) is -0.500. The number of carbonyl (C=O) groups excluding carboxylic acids is 2. The number of phosphoric acid groups is 1. The quantitative estimate of drug-likeness (QED) is 0.0205. The highest BCUT2D eigenvalue weighted by Crippen LogP contribution is 2.43. The van der Waals surface area contributed by atoms with Crippen molar-refractivity contribution in [3.63, 3.8) is 0 Å². The maximum Gasteiger partial charge on any atom is 0.472 e. The van der Waals surface area contributed by atoms with Gasteiger partial charge in [-0.15, -0.1) is 0 Å². The van der Waals surface area contributed by atoms with E-state index in [2.05, 4.69) is 62.5 Å². The summed E-state index contributed by atoms with van der Waals surface area (Å²) in [4.78, 5) is 37.6. The molecule has 3 atom stereocenters. The van der Waals surface area contributed by atoms with Gasteiger partial charge in [-0.1, -0.05) is 256 Å². The van der Waals surface area contributed by atoms with Gasteiger partial charge in [0.05, 0.1) is 33.8 Å². The monoisotopic (exact) mass is 1050 g/mol. The zero-order valence-electron chi connectivity index (χ0n) is 48.9. The molecule has 0 heterocycles. The number of likely N-dealkylation sites (N-methyl/N-ethyl adjacent to an activating group) is 1. The number of ether oxygens (including phenoxy) is 1. The van der Waals surface area contributed by atoms with Crippen LogP contribution >= 0.6 is 7.82 Å². The number of allylic oxidation sites excluding steroid dienone is 7. The predicted octanol–water partition coefficient (Wildman–Crippen LogP) is 18.9. The standard InChI is InChI=1S/C63H119N2O7P/c1-7-10-13-16-19-22-25-26-27-28-29-30-31-32-33-34-35-36-37-38-41-44-47-50-53-56-63(67)72-61(54-51-48-45-42-39-23-20-17-14-11-8-2)60(59-71-73(68,69)70-58-57-65(4,5)6)64-62(66)55-52-49-46-43-40-24-21-18-15-12-9-3/h19,22,26-27,29-30,51,54,60-61H,7-18,20-21,23-25,28,31-50,52-53,55-59H2,1-6H3,(H-,64,66,68,69)/p+1/b22-19-,27-26-,30-29-,54-51-. The Labute approximate surface area is 452 Å². The Morgan fingerprint density at radius 3 is 1.27 bits per heavy atom. The number of quaternary nitrogens is 1. The van der Waals surface area contributed by atoms with E-state index in [1.54, 1.807) is 0 Å². The first-order valence-electron chi connectivity index (χ1n) is 31.0. The van der Waals surface area contributed by atoms with Gasteiger partial charge in [-0.3, -0.25) is 18.6 Å². The van der Waals surface area contributed by atoms with Gasteiger partial charge < -0.3 is 19.4 Å². The fraction of sp³-hybridized carbons (Fsp3) is 0.841. The summed E-state index contributed by atoms with van der Waals surface area (Å²) < 4.78 is 30.6. The van der Waals surface area contributed by atoms with E-state index >= 15 is 0 Å². The van der Waals surface area contributed by atoms with Crippen molar-refractivity contribution in [1.82, 2.24) is 5.32 Å². The highest BCUT2D eigenvalue weighted by atomic mass is 31.2. The van der Waals surface area contributed by atoms with Crippen LogP contribution < -0.4 is 5.32 Å². The zero-order chi connectivity index (χ0) is 53.6. The fourth-order valence-electron chi connectivity index (χ4n) is 8.95. The number of carbonyl (C=O) groups is 2. The molecule has 0 aliphatic heterocycles. The number of esters is 1. The minimum atomic E-state index is -4.44. The molecule has 0 radical (unpaired) electrons. The molecule has 9 nitrogen and oxygen atoms in total. The molecule has 0 aliphatic rings. The Morgan fingerprint density at radius 1 is 0.479 bits per heavy atom. The lowest BCUT2D eigenvalue weighted by Crippen LogP contribution is -2.47. The molecule has 0 rings (SSSR count). The average molecular weight is 1050 g/mol. The molecule has 1 amide bonds. The van der Waals surface area contributed by atoms with Gasteiger partial charge >= 0.3 is 13.8 Å². The summed E-state index contributed by atoms with van der Waals surface area (Å²) in [6.07, 6.45) is 65.4. The number of hydrogen-bond donors (Lipinski definition) is 2. The van der Waals surface area contributed by atoms with Crippen LogP contribution in [-0.4, -0.2) is 74.3 Å². The highest BCUT2D eigenvalue weighted by molar-refractivity contribution is 7.47. The number of unbranched alkanes of at least 4 members (excludes halogenated alkanes) is 34. The number of nitrogens with zero attached hydrogens (tertiary/aromatic N) is 1. The van der Waals surface area contributed by atoms with Crippen LogP contribution in [0.5, 0.6) is 0 Å². The Kier molecular flexibility index (Phi) is 51.9. The SMILES string of the molecule is CCCCC/C=C\C/C=C\C/C=C\CCCCCCCCCCCCCCC(=O)OC(/C=C\CCCCCCCCCCC)C(COP(=O)(O)OCC[N+](C)(C)C)NC(=O)CCCCCCCCCCCCC. The molecule has 0 aromatic heterocycles. The average Bonchev–Trinajstić information content (AvgIpc) is 3.35. The lowest BCUT2D eigenvalue weighted by molar-refractivity contribution is -0.870. The zero-order valence-corrected chi connectivity index (χ0v) is 49.8.